The lowest BCUT2D eigenvalue weighted by molar-refractivity contribution is -0.121. The first kappa shape index (κ1) is 9.52. The molecule has 0 aromatic heterocycles. The van der Waals surface area contributed by atoms with Gasteiger partial charge in [-0.15, -0.1) is 0 Å². The van der Waals surface area contributed by atoms with Crippen molar-refractivity contribution >= 4 is 5.91 Å². The molecule has 0 bridgehead atoms. The second kappa shape index (κ2) is 4.45. The average Bonchev–Trinajstić information content (AvgIpc) is 2.52. The molecule has 3 heteroatoms. The fraction of sp³-hybridized carbons (Fsp3) is 0.889. The lowest BCUT2D eigenvalue weighted by atomic mass is 10.2. The molecule has 0 heterocycles. The Balaban J connectivity index is 2.23. The van der Waals surface area contributed by atoms with E-state index in [-0.39, 0.29) is 5.91 Å². The van der Waals surface area contributed by atoms with Crippen molar-refractivity contribution in [1.82, 2.24) is 10.6 Å². The van der Waals surface area contributed by atoms with Crippen LogP contribution in [-0.4, -0.2) is 25.0 Å². The predicted molar refractivity (Wildman–Crippen MR) is 48.9 cm³/mol. The van der Waals surface area contributed by atoms with Gasteiger partial charge in [0.05, 0.1) is 0 Å². The maximum atomic E-state index is 11.0. The molecule has 0 aromatic rings. The molecule has 0 spiro atoms. The van der Waals surface area contributed by atoms with E-state index < -0.39 is 0 Å². The summed E-state index contributed by atoms with van der Waals surface area (Å²) in [6.45, 7) is 1.89. The SMILES string of the molecule is CCC(=O)N[C@H]1CC[C@@H](NC)C1. The van der Waals surface area contributed by atoms with Gasteiger partial charge in [-0.25, -0.2) is 0 Å². The molecule has 70 valence electrons. The standard InChI is InChI=1S/C9H18N2O/c1-3-9(12)11-8-5-4-7(6-8)10-2/h7-8,10H,3-6H2,1-2H3,(H,11,12)/t7-,8+/m1/s1. The summed E-state index contributed by atoms with van der Waals surface area (Å²) in [7, 11) is 1.98. The van der Waals surface area contributed by atoms with Gasteiger partial charge in [0, 0.05) is 18.5 Å². The summed E-state index contributed by atoms with van der Waals surface area (Å²) in [5, 5.41) is 6.25. The van der Waals surface area contributed by atoms with Gasteiger partial charge in [-0.2, -0.15) is 0 Å². The molecule has 0 aromatic carbocycles. The first-order valence-corrected chi connectivity index (χ1v) is 4.73. The third-order valence-electron chi connectivity index (χ3n) is 2.53. The molecule has 0 saturated heterocycles. The molecule has 1 aliphatic rings. The molecule has 2 N–H and O–H groups in total. The van der Waals surface area contributed by atoms with Crippen LogP contribution in [0.2, 0.25) is 0 Å². The number of rotatable bonds is 3. The minimum absolute atomic E-state index is 0.178. The lowest BCUT2D eigenvalue weighted by Crippen LogP contribution is -2.33. The Morgan fingerprint density at radius 1 is 1.42 bits per heavy atom. The number of hydrogen-bond donors (Lipinski definition) is 2. The second-order valence-electron chi connectivity index (χ2n) is 3.42. The van der Waals surface area contributed by atoms with Gasteiger partial charge in [-0.1, -0.05) is 6.92 Å². The highest BCUT2D eigenvalue weighted by Crippen LogP contribution is 2.18. The van der Waals surface area contributed by atoms with Gasteiger partial charge in [0.25, 0.3) is 0 Å². The first-order chi connectivity index (χ1) is 5.76. The van der Waals surface area contributed by atoms with Crippen LogP contribution in [0.4, 0.5) is 0 Å². The first-order valence-electron chi connectivity index (χ1n) is 4.73. The van der Waals surface area contributed by atoms with E-state index in [4.69, 9.17) is 0 Å². The van der Waals surface area contributed by atoms with Gasteiger partial charge in [0.1, 0.15) is 0 Å². The van der Waals surface area contributed by atoms with Crippen molar-refractivity contribution in [3.05, 3.63) is 0 Å². The monoisotopic (exact) mass is 170 g/mol. The molecule has 1 rings (SSSR count). The van der Waals surface area contributed by atoms with Crippen molar-refractivity contribution in [2.45, 2.75) is 44.7 Å². The van der Waals surface area contributed by atoms with Crippen LogP contribution >= 0.6 is 0 Å². The zero-order valence-electron chi connectivity index (χ0n) is 7.89. The van der Waals surface area contributed by atoms with Crippen molar-refractivity contribution in [3.63, 3.8) is 0 Å². The highest BCUT2D eigenvalue weighted by atomic mass is 16.1. The van der Waals surface area contributed by atoms with Gasteiger partial charge in [0.15, 0.2) is 0 Å². The minimum atomic E-state index is 0.178. The largest absolute Gasteiger partial charge is 0.353 e. The van der Waals surface area contributed by atoms with Crippen molar-refractivity contribution in [1.29, 1.82) is 0 Å². The van der Waals surface area contributed by atoms with Crippen LogP contribution in [-0.2, 0) is 4.79 Å². The molecule has 1 fully saturated rings. The molecule has 0 aliphatic heterocycles. The number of nitrogens with one attached hydrogen (secondary N) is 2. The minimum Gasteiger partial charge on any atom is -0.353 e. The molecule has 12 heavy (non-hydrogen) atoms. The molecule has 2 atom stereocenters. The van der Waals surface area contributed by atoms with Crippen molar-refractivity contribution in [3.8, 4) is 0 Å². The topological polar surface area (TPSA) is 41.1 Å². The average molecular weight is 170 g/mol. The van der Waals surface area contributed by atoms with Crippen LogP contribution in [0.5, 0.6) is 0 Å². The fourth-order valence-electron chi connectivity index (χ4n) is 1.70. The maximum absolute atomic E-state index is 11.0. The summed E-state index contributed by atoms with van der Waals surface area (Å²) in [5.41, 5.74) is 0. The Labute approximate surface area is 73.9 Å². The second-order valence-corrected chi connectivity index (χ2v) is 3.42. The van der Waals surface area contributed by atoms with Gasteiger partial charge in [-0.3, -0.25) is 4.79 Å². The Hall–Kier alpha value is -0.570. The molecule has 3 nitrogen and oxygen atoms in total. The van der Waals surface area contributed by atoms with Crippen LogP contribution in [0.15, 0.2) is 0 Å². The lowest BCUT2D eigenvalue weighted by Gasteiger charge is -2.11. The highest BCUT2D eigenvalue weighted by molar-refractivity contribution is 5.75. The summed E-state index contributed by atoms with van der Waals surface area (Å²) in [6, 6.07) is 1.02. The van der Waals surface area contributed by atoms with Gasteiger partial charge in [-0.05, 0) is 26.3 Å². The third-order valence-corrected chi connectivity index (χ3v) is 2.53. The Morgan fingerprint density at radius 2 is 2.08 bits per heavy atom. The van der Waals surface area contributed by atoms with E-state index >= 15 is 0 Å². The van der Waals surface area contributed by atoms with Crippen LogP contribution in [0.3, 0.4) is 0 Å². The zero-order chi connectivity index (χ0) is 8.97. The van der Waals surface area contributed by atoms with Crippen molar-refractivity contribution in [2.75, 3.05) is 7.05 Å². The van der Waals surface area contributed by atoms with E-state index in [2.05, 4.69) is 10.6 Å². The Bertz CT molecular complexity index is 159. The van der Waals surface area contributed by atoms with E-state index in [1.165, 1.54) is 6.42 Å². The normalized spacial score (nSPS) is 28.8. The van der Waals surface area contributed by atoms with Crippen LogP contribution in [0, 0.1) is 0 Å². The van der Waals surface area contributed by atoms with Crippen molar-refractivity contribution < 1.29 is 4.79 Å². The highest BCUT2D eigenvalue weighted by Gasteiger charge is 2.23. The number of hydrogen-bond acceptors (Lipinski definition) is 2. The third kappa shape index (κ3) is 2.48. The summed E-state index contributed by atoms with van der Waals surface area (Å²) < 4.78 is 0. The summed E-state index contributed by atoms with van der Waals surface area (Å²) in [6.07, 6.45) is 3.99. The molecular weight excluding hydrogens is 152 g/mol. The molecule has 1 aliphatic carbocycles. The Morgan fingerprint density at radius 3 is 2.58 bits per heavy atom. The summed E-state index contributed by atoms with van der Waals surface area (Å²) in [5.74, 6) is 0.178. The van der Waals surface area contributed by atoms with Crippen LogP contribution in [0.25, 0.3) is 0 Å². The number of amides is 1. The smallest absolute Gasteiger partial charge is 0.219 e. The molecule has 1 amide bonds. The zero-order valence-corrected chi connectivity index (χ0v) is 7.89. The molecular formula is C9H18N2O. The van der Waals surface area contributed by atoms with Gasteiger partial charge in [0.2, 0.25) is 5.91 Å². The van der Waals surface area contributed by atoms with Gasteiger partial charge < -0.3 is 10.6 Å². The number of carbonyl (C=O) groups excluding carboxylic acids is 1. The van der Waals surface area contributed by atoms with E-state index in [0.29, 0.717) is 18.5 Å². The van der Waals surface area contributed by atoms with Gasteiger partial charge >= 0.3 is 0 Å². The van der Waals surface area contributed by atoms with E-state index in [1.54, 1.807) is 0 Å². The van der Waals surface area contributed by atoms with E-state index in [9.17, 15) is 4.79 Å². The predicted octanol–water partition coefficient (Wildman–Crippen LogP) is 0.653. The van der Waals surface area contributed by atoms with Crippen LogP contribution < -0.4 is 10.6 Å². The van der Waals surface area contributed by atoms with E-state index in [0.717, 1.165) is 12.8 Å². The fourth-order valence-corrected chi connectivity index (χ4v) is 1.70. The molecule has 1 saturated carbocycles. The summed E-state index contributed by atoms with van der Waals surface area (Å²) >= 11 is 0. The van der Waals surface area contributed by atoms with E-state index in [1.807, 2.05) is 14.0 Å². The number of carbonyl (C=O) groups is 1. The Kier molecular flexibility index (Phi) is 3.53. The molecule has 0 unspecified atom stereocenters. The maximum Gasteiger partial charge on any atom is 0.219 e. The molecule has 0 radical (unpaired) electrons. The van der Waals surface area contributed by atoms with Crippen LogP contribution in [0.1, 0.15) is 32.6 Å². The van der Waals surface area contributed by atoms with Crippen molar-refractivity contribution in [2.24, 2.45) is 0 Å². The quantitative estimate of drug-likeness (QED) is 0.653. The summed E-state index contributed by atoms with van der Waals surface area (Å²) in [4.78, 5) is 11.0.